The number of benzene rings is 4. The van der Waals surface area contributed by atoms with E-state index < -0.39 is 10.6 Å². The summed E-state index contributed by atoms with van der Waals surface area (Å²) < 4.78 is 29.6. The van der Waals surface area contributed by atoms with Crippen molar-refractivity contribution < 1.29 is 69.8 Å². The smallest absolute Gasteiger partial charge is 0.691 e. The molecule has 0 aromatic heterocycles. The number of azo groups is 2. The summed E-state index contributed by atoms with van der Waals surface area (Å²) >= 11 is 0.805. The molecule has 0 aliphatic heterocycles. The Morgan fingerprint density at radius 3 is 1.87 bits per heavy atom. The van der Waals surface area contributed by atoms with Gasteiger partial charge >= 0.3 is 48.3 Å². The summed E-state index contributed by atoms with van der Waals surface area (Å²) in [6.45, 7) is 0. The number of rotatable bonds is 9. The number of carbonyl (C=O) groups is 1. The Labute approximate surface area is 252 Å². The first-order chi connectivity index (χ1) is 18.0. The van der Waals surface area contributed by atoms with Crippen LogP contribution in [0.4, 0.5) is 28.4 Å². The number of hydrogen-bond donors (Lipinski definition) is 1. The van der Waals surface area contributed by atoms with Gasteiger partial charge < -0.3 is 10.6 Å². The van der Waals surface area contributed by atoms with Crippen LogP contribution in [0.2, 0.25) is 0 Å². The largest absolute Gasteiger partial charge is 1.00 e. The summed E-state index contributed by atoms with van der Waals surface area (Å²) in [7, 11) is -3.11. The third-order valence-corrected chi connectivity index (χ3v) is 5.04. The third-order valence-electron chi connectivity index (χ3n) is 4.45. The molecule has 0 saturated carbocycles. The van der Waals surface area contributed by atoms with E-state index in [-0.39, 0.29) is 37.7 Å². The molecular formula is C23H15Li2N5O7S2. The second-order valence-electron chi connectivity index (χ2n) is 6.70. The van der Waals surface area contributed by atoms with Crippen LogP contribution in [0, 0.1) is 6.07 Å². The maximum absolute atomic E-state index is 10.5. The number of fused-ring (bicyclic) bond motifs is 1. The van der Waals surface area contributed by atoms with Crippen LogP contribution in [0.15, 0.2) is 104 Å². The van der Waals surface area contributed by atoms with E-state index in [2.05, 4.69) is 41.2 Å². The maximum Gasteiger partial charge on any atom is 1.00 e. The van der Waals surface area contributed by atoms with Gasteiger partial charge in [0.2, 0.25) is 6.41 Å². The van der Waals surface area contributed by atoms with Crippen LogP contribution >= 0.6 is 12.0 Å². The van der Waals surface area contributed by atoms with Gasteiger partial charge in [-0.3, -0.25) is 9.83 Å². The summed E-state index contributed by atoms with van der Waals surface area (Å²) in [5, 5.41) is 34.8. The van der Waals surface area contributed by atoms with Gasteiger partial charge in [0.25, 0.3) is 0 Å². The number of amides is 1. The maximum atomic E-state index is 10.5. The average molecular weight is 551 g/mol. The van der Waals surface area contributed by atoms with Crippen molar-refractivity contribution in [2.24, 2.45) is 20.5 Å². The van der Waals surface area contributed by atoms with E-state index >= 15 is 0 Å². The van der Waals surface area contributed by atoms with Gasteiger partial charge in [0, 0.05) is 16.3 Å². The van der Waals surface area contributed by atoms with Gasteiger partial charge in [0.05, 0.1) is 29.1 Å². The van der Waals surface area contributed by atoms with E-state index in [1.54, 1.807) is 54.6 Å². The van der Waals surface area contributed by atoms with Gasteiger partial charge in [-0.1, -0.05) is 10.8 Å². The van der Waals surface area contributed by atoms with Gasteiger partial charge in [-0.05, 0) is 60.7 Å². The molecule has 0 radical (unpaired) electrons. The molecule has 4 aromatic carbocycles. The number of hydrogen-bond acceptors (Lipinski definition) is 12. The standard InChI is InChI=1S/C23H16N5O4S.2Li.O3S/c29-15-24-16-5-7-17(8-6-16)25-27-22-13-14-23(21-4-2-1-3-20(21)22)28-26-18-9-11-19(12-10-18)33-32-31-30;;;1-4(2)3/h1,3-15,30H,(H,24,29);;;/q-1;2*+1;/p-1. The molecule has 0 aliphatic carbocycles. The van der Waals surface area contributed by atoms with E-state index in [9.17, 15) is 10.1 Å². The van der Waals surface area contributed by atoms with Gasteiger partial charge in [0.15, 0.2) is 0 Å². The van der Waals surface area contributed by atoms with Crippen molar-refractivity contribution in [3.05, 3.63) is 84.9 Å². The number of anilines is 1. The molecule has 188 valence electrons. The van der Waals surface area contributed by atoms with Gasteiger partial charge in [-0.2, -0.15) is 49.1 Å². The Balaban J connectivity index is 0.00000119. The van der Waals surface area contributed by atoms with E-state index in [4.69, 9.17) is 12.6 Å². The van der Waals surface area contributed by atoms with E-state index in [0.29, 0.717) is 39.7 Å². The zero-order valence-corrected chi connectivity index (χ0v) is 22.2. The van der Waals surface area contributed by atoms with Crippen molar-refractivity contribution in [1.82, 2.24) is 0 Å². The molecule has 4 aromatic rings. The second-order valence-corrected chi connectivity index (χ2v) is 7.88. The summed E-state index contributed by atoms with van der Waals surface area (Å²) in [6, 6.07) is 26.2. The van der Waals surface area contributed by atoms with Gasteiger partial charge in [-0.15, -0.1) is 12.6 Å². The molecule has 0 spiro atoms. The first-order valence-corrected chi connectivity index (χ1v) is 11.8. The minimum absolute atomic E-state index is 0. The second kappa shape index (κ2) is 18.2. The van der Waals surface area contributed by atoms with E-state index in [1.807, 2.05) is 24.3 Å². The van der Waals surface area contributed by atoms with Crippen LogP contribution < -0.4 is 48.3 Å². The SMILES string of the molecule is O=CNc1ccc(N=Nc2ccc(N=Nc3ccc(SOO[O-])cc3)c3c[c-]ccc23)cc1.O=S(=O)=O.[Li+].[Li+]. The predicted molar refractivity (Wildman–Crippen MR) is 131 cm³/mol. The molecule has 1 N–H and O–H groups in total. The van der Waals surface area contributed by atoms with Crippen LogP contribution in [0.1, 0.15) is 0 Å². The number of carbonyl (C=O) groups excluding carboxylic acids is 1. The van der Waals surface area contributed by atoms with Crippen LogP contribution in [0.5, 0.6) is 0 Å². The molecular weight excluding hydrogens is 536 g/mol. The zero-order valence-electron chi connectivity index (χ0n) is 20.5. The average Bonchev–Trinajstić information content (AvgIpc) is 2.91. The molecule has 0 bridgehead atoms. The van der Waals surface area contributed by atoms with Crippen molar-refractivity contribution in [2.75, 3.05) is 5.32 Å². The molecule has 39 heavy (non-hydrogen) atoms. The Hall–Kier alpha value is -3.15. The molecule has 0 atom stereocenters. The molecule has 0 saturated heterocycles. The minimum Gasteiger partial charge on any atom is -0.691 e. The fraction of sp³-hybridized carbons (Fsp3) is 0. The van der Waals surface area contributed by atoms with Crippen LogP contribution in [-0.4, -0.2) is 19.0 Å². The van der Waals surface area contributed by atoms with Crippen molar-refractivity contribution >= 4 is 68.3 Å². The van der Waals surface area contributed by atoms with Crippen molar-refractivity contribution in [3.63, 3.8) is 0 Å². The van der Waals surface area contributed by atoms with E-state index in [0.717, 1.165) is 22.8 Å². The normalized spacial score (nSPS) is 10.3. The van der Waals surface area contributed by atoms with Crippen molar-refractivity contribution in [1.29, 1.82) is 0 Å². The number of nitrogens with zero attached hydrogens (tertiary/aromatic N) is 4. The third kappa shape index (κ3) is 11.2. The minimum atomic E-state index is -3.11. The molecule has 0 aliphatic rings. The summed E-state index contributed by atoms with van der Waals surface area (Å²) in [4.78, 5) is 11.2. The molecule has 12 nitrogen and oxygen atoms in total. The fourth-order valence-corrected chi connectivity index (χ4v) is 3.27. The molecule has 0 unspecified atom stereocenters. The quantitative estimate of drug-likeness (QED) is 0.0540. The number of nitrogens with one attached hydrogen (secondary N) is 1. The Kier molecular flexibility index (Phi) is 15.8. The molecule has 16 heteroatoms. The van der Waals surface area contributed by atoms with Crippen molar-refractivity contribution in [3.8, 4) is 0 Å². The molecule has 4 rings (SSSR count). The monoisotopic (exact) mass is 551 g/mol. The molecule has 0 fully saturated rings. The molecule has 1 amide bonds. The Bertz CT molecular complexity index is 1520. The van der Waals surface area contributed by atoms with Crippen molar-refractivity contribution in [2.45, 2.75) is 4.90 Å². The summed E-state index contributed by atoms with van der Waals surface area (Å²) in [6.07, 6.45) is 0.619. The topological polar surface area (TPSA) is 171 Å². The summed E-state index contributed by atoms with van der Waals surface area (Å²) in [5.74, 6) is 0. The first-order valence-electron chi connectivity index (χ1n) is 10.1. The summed E-state index contributed by atoms with van der Waals surface area (Å²) in [5.41, 5.74) is 3.30. The predicted octanol–water partition coefficient (Wildman–Crippen LogP) is -0.726. The Morgan fingerprint density at radius 1 is 0.795 bits per heavy atom. The van der Waals surface area contributed by atoms with Gasteiger partial charge in [-0.25, -0.2) is 0 Å². The zero-order chi connectivity index (χ0) is 26.5. The molecule has 0 heterocycles. The fourth-order valence-electron chi connectivity index (χ4n) is 2.91. The van der Waals surface area contributed by atoms with Crippen LogP contribution in [0.25, 0.3) is 10.8 Å². The van der Waals surface area contributed by atoms with E-state index in [1.165, 1.54) is 0 Å². The Morgan fingerprint density at radius 2 is 1.33 bits per heavy atom. The van der Waals surface area contributed by atoms with Crippen LogP contribution in [-0.2, 0) is 24.8 Å². The van der Waals surface area contributed by atoms with Gasteiger partial charge in [0.1, 0.15) is 0 Å². The van der Waals surface area contributed by atoms with Crippen LogP contribution in [0.3, 0.4) is 0 Å². The first kappa shape index (κ1) is 33.9.